The molecule has 52 heavy (non-hydrogen) atoms. The summed E-state index contributed by atoms with van der Waals surface area (Å²) in [6, 6.07) is 11.8. The molecule has 0 radical (unpaired) electrons. The molecule has 2 aromatic carbocycles. The fourth-order valence-corrected chi connectivity index (χ4v) is 5.43. The van der Waals surface area contributed by atoms with E-state index < -0.39 is 30.0 Å². The molecule has 0 spiro atoms. The third-order valence-corrected chi connectivity index (χ3v) is 8.34. The van der Waals surface area contributed by atoms with Gasteiger partial charge in [0.05, 0.1) is 12.6 Å². The summed E-state index contributed by atoms with van der Waals surface area (Å²) in [6.07, 6.45) is 4.11. The number of rotatable bonds is 21. The van der Waals surface area contributed by atoms with Crippen LogP contribution in [0.1, 0.15) is 69.9 Å². The lowest BCUT2D eigenvalue weighted by atomic mass is 9.89. The Kier molecular flexibility index (Phi) is 16.5. The number of anilines is 2. The molecule has 280 valence electrons. The van der Waals surface area contributed by atoms with E-state index >= 15 is 0 Å². The molecule has 1 aliphatic rings. The van der Waals surface area contributed by atoms with Crippen LogP contribution in [0.3, 0.4) is 0 Å². The molecule has 0 saturated heterocycles. The fourth-order valence-electron chi connectivity index (χ4n) is 5.43. The van der Waals surface area contributed by atoms with Crippen LogP contribution in [0.15, 0.2) is 60.7 Å². The van der Waals surface area contributed by atoms with Gasteiger partial charge in [0.15, 0.2) is 5.78 Å². The van der Waals surface area contributed by atoms with Crippen molar-refractivity contribution >= 4 is 52.9 Å². The van der Waals surface area contributed by atoms with E-state index in [1.165, 1.54) is 12.2 Å². The number of ketones is 1. The first-order chi connectivity index (χ1) is 24.9. The minimum Gasteiger partial charge on any atom is -0.444 e. The Balaban J connectivity index is 1.51. The van der Waals surface area contributed by atoms with Crippen molar-refractivity contribution in [2.45, 2.75) is 78.0 Å². The Bertz CT molecular complexity index is 1570. The number of urea groups is 1. The van der Waals surface area contributed by atoms with Crippen molar-refractivity contribution in [2.24, 2.45) is 17.6 Å². The van der Waals surface area contributed by atoms with Gasteiger partial charge in [-0.05, 0) is 67.0 Å². The van der Waals surface area contributed by atoms with Crippen molar-refractivity contribution in [2.75, 3.05) is 23.7 Å². The van der Waals surface area contributed by atoms with E-state index in [0.717, 1.165) is 4.90 Å². The van der Waals surface area contributed by atoms with Crippen molar-refractivity contribution in [1.29, 1.82) is 0 Å². The van der Waals surface area contributed by atoms with Gasteiger partial charge in [0.25, 0.3) is 11.8 Å². The molecule has 0 bridgehead atoms. The van der Waals surface area contributed by atoms with Crippen molar-refractivity contribution in [3.05, 3.63) is 71.8 Å². The van der Waals surface area contributed by atoms with Gasteiger partial charge in [0.2, 0.25) is 11.8 Å². The SMILES string of the molecule is CC(C)[C@H](NC(=O)CCCCCN1C(=O)C=CC1=O)C(=O)C[C@@H](CCCNC(N)=O)C(=O)Nc1ccc(COC(=O)Nc2ccc(CO)cc2)cc1. The third-order valence-electron chi connectivity index (χ3n) is 8.34. The Hall–Kier alpha value is -5.57. The number of amides is 7. The molecular formula is C37H48N6O9. The van der Waals surface area contributed by atoms with Gasteiger partial charge in [-0.25, -0.2) is 9.59 Å². The van der Waals surface area contributed by atoms with Gasteiger partial charge in [-0.2, -0.15) is 0 Å². The van der Waals surface area contributed by atoms with Gasteiger partial charge in [-0.1, -0.05) is 44.5 Å². The van der Waals surface area contributed by atoms with Crippen molar-refractivity contribution in [1.82, 2.24) is 15.5 Å². The molecule has 15 heteroatoms. The molecule has 0 aromatic heterocycles. The Morgan fingerprint density at radius 1 is 0.827 bits per heavy atom. The lowest BCUT2D eigenvalue weighted by Crippen LogP contribution is -2.45. The lowest BCUT2D eigenvalue weighted by Gasteiger charge is -2.24. The minimum absolute atomic E-state index is 0.0284. The van der Waals surface area contributed by atoms with Crippen LogP contribution in [-0.4, -0.2) is 70.7 Å². The first kappa shape index (κ1) is 40.9. The predicted molar refractivity (Wildman–Crippen MR) is 192 cm³/mol. The monoisotopic (exact) mass is 720 g/mol. The molecule has 7 N–H and O–H groups in total. The highest BCUT2D eigenvalue weighted by molar-refractivity contribution is 6.12. The molecular weight excluding hydrogens is 672 g/mol. The summed E-state index contributed by atoms with van der Waals surface area (Å²) in [5.74, 6) is -2.75. The molecule has 0 fully saturated rings. The number of primary amides is 1. The number of Topliss-reactive ketones (excluding diaryl/α,β-unsaturated/α-hetero) is 1. The van der Waals surface area contributed by atoms with Crippen LogP contribution in [-0.2, 0) is 41.9 Å². The molecule has 2 atom stereocenters. The number of carbonyl (C=O) groups excluding carboxylic acids is 7. The predicted octanol–water partition coefficient (Wildman–Crippen LogP) is 3.52. The summed E-state index contributed by atoms with van der Waals surface area (Å²) in [5.41, 5.74) is 7.51. The normalized spacial score (nSPS) is 13.4. The summed E-state index contributed by atoms with van der Waals surface area (Å²) in [4.78, 5) is 87.6. The Labute approximate surface area is 302 Å². The lowest BCUT2D eigenvalue weighted by molar-refractivity contribution is -0.137. The van der Waals surface area contributed by atoms with Crippen LogP contribution in [0.4, 0.5) is 21.0 Å². The quantitative estimate of drug-likeness (QED) is 0.0818. The molecule has 1 heterocycles. The van der Waals surface area contributed by atoms with E-state index in [1.54, 1.807) is 62.4 Å². The fraction of sp³-hybridized carbons (Fsp3) is 0.432. The highest BCUT2D eigenvalue weighted by Crippen LogP contribution is 2.20. The third kappa shape index (κ3) is 14.0. The van der Waals surface area contributed by atoms with Crippen LogP contribution >= 0.6 is 0 Å². The molecule has 2 aromatic rings. The van der Waals surface area contributed by atoms with Crippen LogP contribution < -0.4 is 27.0 Å². The van der Waals surface area contributed by atoms with Gasteiger partial charge in [-0.15, -0.1) is 0 Å². The van der Waals surface area contributed by atoms with E-state index in [9.17, 15) is 33.6 Å². The van der Waals surface area contributed by atoms with E-state index in [2.05, 4.69) is 21.3 Å². The topological polar surface area (TPSA) is 226 Å². The molecule has 7 amide bonds. The van der Waals surface area contributed by atoms with Crippen molar-refractivity contribution in [3.63, 3.8) is 0 Å². The maximum atomic E-state index is 13.5. The first-order valence-electron chi connectivity index (χ1n) is 17.3. The number of aliphatic hydroxyl groups is 1. The Morgan fingerprint density at radius 2 is 1.44 bits per heavy atom. The van der Waals surface area contributed by atoms with Crippen LogP contribution in [0.5, 0.6) is 0 Å². The van der Waals surface area contributed by atoms with E-state index in [-0.39, 0.29) is 75.0 Å². The standard InChI is InChI=1S/C37H48N6O9/c1-24(2)34(42-31(46)8-4-3-5-20-43-32(47)17-18-33(43)48)30(45)21-27(7-6-19-39-36(38)50)35(49)40-28-15-11-26(12-16-28)23-52-37(51)41-29-13-9-25(22-44)10-14-29/h9-18,24,27,34,44H,3-8,19-23H2,1-2H3,(H,40,49)(H,41,51)(H,42,46)(H3,38,39,50)/t27-,34+/m1/s1. The largest absolute Gasteiger partial charge is 0.444 e. The smallest absolute Gasteiger partial charge is 0.411 e. The second kappa shape index (κ2) is 20.9. The van der Waals surface area contributed by atoms with E-state index in [1.807, 2.05) is 0 Å². The molecule has 0 aliphatic carbocycles. The van der Waals surface area contributed by atoms with Gasteiger partial charge in [-0.3, -0.25) is 34.2 Å². The van der Waals surface area contributed by atoms with Gasteiger partial charge in [0, 0.05) is 55.4 Å². The molecule has 1 aliphatic heterocycles. The summed E-state index contributed by atoms with van der Waals surface area (Å²) in [5, 5.41) is 19.9. The van der Waals surface area contributed by atoms with Gasteiger partial charge < -0.3 is 31.5 Å². The number of nitrogens with two attached hydrogens (primary N) is 1. The number of aliphatic hydroxyl groups excluding tert-OH is 1. The van der Waals surface area contributed by atoms with E-state index in [0.29, 0.717) is 48.2 Å². The van der Waals surface area contributed by atoms with E-state index in [4.69, 9.17) is 15.6 Å². The number of imide groups is 1. The number of hydrogen-bond donors (Lipinski definition) is 6. The molecule has 15 nitrogen and oxygen atoms in total. The summed E-state index contributed by atoms with van der Waals surface area (Å²) in [6.45, 7) is 3.96. The Morgan fingerprint density at radius 3 is 2.04 bits per heavy atom. The number of benzene rings is 2. The number of ether oxygens (including phenoxy) is 1. The summed E-state index contributed by atoms with van der Waals surface area (Å²) in [7, 11) is 0. The molecule has 0 saturated carbocycles. The van der Waals surface area contributed by atoms with Crippen molar-refractivity contribution < 1.29 is 43.4 Å². The molecule has 3 rings (SSSR count). The zero-order valence-electron chi connectivity index (χ0n) is 29.5. The summed E-state index contributed by atoms with van der Waals surface area (Å²) < 4.78 is 5.27. The second-order valence-corrected chi connectivity index (χ2v) is 12.8. The first-order valence-corrected chi connectivity index (χ1v) is 17.3. The second-order valence-electron chi connectivity index (χ2n) is 12.8. The number of carbonyl (C=O) groups is 7. The zero-order valence-corrected chi connectivity index (χ0v) is 29.5. The number of unbranched alkanes of at least 4 members (excludes halogenated alkanes) is 2. The zero-order chi connectivity index (χ0) is 38.0. The number of nitrogens with one attached hydrogen (secondary N) is 4. The highest BCUT2D eigenvalue weighted by Gasteiger charge is 2.29. The maximum Gasteiger partial charge on any atom is 0.411 e. The molecule has 0 unspecified atom stereocenters. The van der Waals surface area contributed by atoms with Gasteiger partial charge >= 0.3 is 12.1 Å². The van der Waals surface area contributed by atoms with Crippen LogP contribution in [0, 0.1) is 11.8 Å². The van der Waals surface area contributed by atoms with Gasteiger partial charge in [0.1, 0.15) is 6.61 Å². The number of nitrogens with zero attached hydrogens (tertiary/aromatic N) is 1. The van der Waals surface area contributed by atoms with Crippen LogP contribution in [0.25, 0.3) is 0 Å². The average Bonchev–Trinajstić information content (AvgIpc) is 3.43. The average molecular weight is 721 g/mol. The number of hydrogen-bond acceptors (Lipinski definition) is 9. The highest BCUT2D eigenvalue weighted by atomic mass is 16.5. The summed E-state index contributed by atoms with van der Waals surface area (Å²) >= 11 is 0. The van der Waals surface area contributed by atoms with Crippen LogP contribution in [0.2, 0.25) is 0 Å². The maximum absolute atomic E-state index is 13.5. The minimum atomic E-state index is -0.825. The van der Waals surface area contributed by atoms with Crippen molar-refractivity contribution in [3.8, 4) is 0 Å².